The number of likely N-dealkylation sites (N-methyl/N-ethyl adjacent to an activating group) is 1. The molecule has 0 fully saturated rings. The van der Waals surface area contributed by atoms with Crippen molar-refractivity contribution in [3.05, 3.63) is 0 Å². The largest absolute Gasteiger partial charge is 0.606 e. The zero-order valence-electron chi connectivity index (χ0n) is 21.3. The van der Waals surface area contributed by atoms with Gasteiger partial charge in [-0.1, -0.05) is 97.3 Å². The number of rotatable bonds is 23. The maximum absolute atomic E-state index is 11.9. The van der Waals surface area contributed by atoms with E-state index in [9.17, 15) is 9.79 Å². The van der Waals surface area contributed by atoms with Crippen LogP contribution in [0.1, 0.15) is 104 Å². The molecule has 2 unspecified atom stereocenters. The molecule has 0 rings (SSSR count). The first kappa shape index (κ1) is 31.6. The predicted molar refractivity (Wildman–Crippen MR) is 136 cm³/mol. The van der Waals surface area contributed by atoms with Crippen LogP contribution in [0, 0.1) is 0 Å². The molecular formula is C24H53NO4PS+. The number of phosphoric acid groups is 1. The van der Waals surface area contributed by atoms with E-state index < -0.39 is 8.17 Å². The van der Waals surface area contributed by atoms with Crippen molar-refractivity contribution in [2.24, 2.45) is 0 Å². The Bertz CT molecular complexity index is 394. The van der Waals surface area contributed by atoms with E-state index in [2.05, 4.69) is 6.92 Å². The minimum Gasteiger partial charge on any atom is -0.606 e. The fraction of sp³-hybridized carbons (Fsp3) is 1.00. The van der Waals surface area contributed by atoms with Gasteiger partial charge in [0.05, 0.1) is 21.1 Å². The lowest BCUT2D eigenvalue weighted by Crippen LogP contribution is -2.38. The van der Waals surface area contributed by atoms with Crippen LogP contribution in [0.15, 0.2) is 0 Å². The van der Waals surface area contributed by atoms with Crippen molar-refractivity contribution in [3.63, 3.8) is 0 Å². The molecule has 0 aliphatic rings. The summed E-state index contributed by atoms with van der Waals surface area (Å²) in [6.07, 6.45) is 19.3. The predicted octanol–water partition coefficient (Wildman–Crippen LogP) is 6.36. The van der Waals surface area contributed by atoms with Crippen molar-refractivity contribution in [2.75, 3.05) is 46.7 Å². The highest BCUT2D eigenvalue weighted by Gasteiger charge is 2.29. The molecule has 0 spiro atoms. The Balaban J connectivity index is 3.41. The van der Waals surface area contributed by atoms with Crippen LogP contribution in [0.3, 0.4) is 0 Å². The molecule has 2 atom stereocenters. The van der Waals surface area contributed by atoms with Gasteiger partial charge in [-0.25, -0.2) is 0 Å². The molecule has 1 N–H and O–H groups in total. The van der Waals surface area contributed by atoms with E-state index in [0.717, 1.165) is 5.75 Å². The topological polar surface area (TPSA) is 61.8 Å². The first-order valence-electron chi connectivity index (χ1n) is 12.7. The minimum absolute atomic E-state index is 0.199. The van der Waals surface area contributed by atoms with Crippen molar-refractivity contribution in [2.45, 2.75) is 109 Å². The molecule has 188 valence electrons. The highest BCUT2D eigenvalue weighted by Crippen LogP contribution is 2.47. The fourth-order valence-corrected chi connectivity index (χ4v) is 5.13. The van der Waals surface area contributed by atoms with Crippen LogP contribution in [0.4, 0.5) is 0 Å². The summed E-state index contributed by atoms with van der Waals surface area (Å²) in [4.78, 5) is 21.7. The first-order valence-corrected chi connectivity index (χ1v) is 15.2. The number of hydrogen-bond acceptors (Lipinski definition) is 5. The monoisotopic (exact) mass is 482 g/mol. The average Bonchev–Trinajstić information content (AvgIpc) is 2.68. The molecule has 7 heteroatoms. The Morgan fingerprint density at radius 2 is 1.26 bits per heavy atom. The van der Waals surface area contributed by atoms with E-state index >= 15 is 0 Å². The molecule has 0 aromatic carbocycles. The summed E-state index contributed by atoms with van der Waals surface area (Å²) in [5, 5.41) is 0.199. The Morgan fingerprint density at radius 3 is 1.71 bits per heavy atom. The molecule has 31 heavy (non-hydrogen) atoms. The summed E-state index contributed by atoms with van der Waals surface area (Å²) in [5.74, 6) is 1.08. The molecule has 0 aliphatic heterocycles. The molecule has 0 radical (unpaired) electrons. The van der Waals surface area contributed by atoms with Crippen molar-refractivity contribution in [3.8, 4) is 0 Å². The number of unbranched alkanes of at least 4 members (excludes halogenated alkanes) is 13. The maximum Gasteiger partial charge on any atom is 0.377 e. The van der Waals surface area contributed by atoms with Crippen molar-refractivity contribution in [1.82, 2.24) is 0 Å². The third-order valence-electron chi connectivity index (χ3n) is 5.39. The van der Waals surface area contributed by atoms with E-state index in [4.69, 9.17) is 9.05 Å². The van der Waals surface area contributed by atoms with Crippen molar-refractivity contribution in [1.29, 1.82) is 0 Å². The van der Waals surface area contributed by atoms with Crippen LogP contribution in [-0.4, -0.2) is 61.3 Å². The quantitative estimate of drug-likeness (QED) is 0.104. The SMILES string of the molecule is CCCCCCCCCCCCCCCCSC(C)CO[P+]([O-])(O)OCC[N+](C)(C)C. The Kier molecular flexibility index (Phi) is 20.4. The van der Waals surface area contributed by atoms with Gasteiger partial charge in [0.25, 0.3) is 0 Å². The van der Waals surface area contributed by atoms with E-state index in [0.29, 0.717) is 11.0 Å². The van der Waals surface area contributed by atoms with Gasteiger partial charge in [-0.15, -0.1) is 0 Å². The van der Waals surface area contributed by atoms with Gasteiger partial charge in [0.15, 0.2) is 0 Å². The van der Waals surface area contributed by atoms with Gasteiger partial charge in [-0.2, -0.15) is 25.7 Å². The lowest BCUT2D eigenvalue weighted by atomic mass is 10.0. The number of quaternary nitrogens is 1. The van der Waals surface area contributed by atoms with Crippen molar-refractivity contribution < 1.29 is 23.3 Å². The fourth-order valence-electron chi connectivity index (χ4n) is 3.30. The van der Waals surface area contributed by atoms with Gasteiger partial charge in [0, 0.05) is 5.25 Å². The molecule has 0 aromatic rings. The summed E-state index contributed by atoms with van der Waals surface area (Å²) in [5.41, 5.74) is 0. The summed E-state index contributed by atoms with van der Waals surface area (Å²) < 4.78 is 10.9. The molecule has 0 amide bonds. The first-order chi connectivity index (χ1) is 14.7. The van der Waals surface area contributed by atoms with E-state index in [1.807, 2.05) is 39.8 Å². The smallest absolute Gasteiger partial charge is 0.377 e. The second-order valence-corrected chi connectivity index (χ2v) is 12.9. The standard InChI is InChI=1S/C24H52NO4PS/c1-6-7-8-9-10-11-12-13-14-15-16-17-18-19-22-31-24(2)23-29-30(26,27)28-21-20-25(3,4)5/h24H,6-23H2,1-5H3/p+1. The third kappa shape index (κ3) is 25.0. The summed E-state index contributed by atoms with van der Waals surface area (Å²) in [6.45, 7) is 5.45. The summed E-state index contributed by atoms with van der Waals surface area (Å²) >= 11 is 1.81. The third-order valence-corrected chi connectivity index (χ3v) is 7.60. The van der Waals surface area contributed by atoms with Crippen LogP contribution in [0.25, 0.3) is 0 Å². The highest BCUT2D eigenvalue weighted by molar-refractivity contribution is 7.99. The number of phosphoric ester groups is 1. The summed E-state index contributed by atoms with van der Waals surface area (Å²) in [6, 6.07) is 0. The van der Waals surface area contributed by atoms with E-state index in [1.165, 1.54) is 89.9 Å². The van der Waals surface area contributed by atoms with Crippen LogP contribution < -0.4 is 4.89 Å². The van der Waals surface area contributed by atoms with Gasteiger partial charge in [0.2, 0.25) is 0 Å². The zero-order chi connectivity index (χ0) is 23.4. The van der Waals surface area contributed by atoms with Crippen LogP contribution in [0.5, 0.6) is 0 Å². The zero-order valence-corrected chi connectivity index (χ0v) is 23.0. The molecular weight excluding hydrogens is 429 g/mol. The molecule has 5 nitrogen and oxygen atoms in total. The van der Waals surface area contributed by atoms with E-state index in [1.54, 1.807) is 0 Å². The Labute approximate surface area is 198 Å². The van der Waals surface area contributed by atoms with Gasteiger partial charge in [0.1, 0.15) is 19.8 Å². The molecule has 0 saturated heterocycles. The second-order valence-electron chi connectivity index (χ2n) is 9.89. The molecule has 0 bridgehead atoms. The maximum atomic E-state index is 11.9. The van der Waals surface area contributed by atoms with Crippen LogP contribution in [0.2, 0.25) is 0 Å². The number of hydrogen-bond donors (Lipinski definition) is 1. The molecule has 0 aliphatic carbocycles. The van der Waals surface area contributed by atoms with Crippen LogP contribution >= 0.6 is 19.9 Å². The highest BCUT2D eigenvalue weighted by atomic mass is 32.2. The van der Waals surface area contributed by atoms with Gasteiger partial charge in [-0.05, 0) is 12.2 Å². The normalized spacial score (nSPS) is 15.2. The van der Waals surface area contributed by atoms with Crippen molar-refractivity contribution >= 4 is 19.9 Å². The van der Waals surface area contributed by atoms with Gasteiger partial charge >= 0.3 is 8.17 Å². The molecule has 0 saturated carbocycles. The van der Waals surface area contributed by atoms with E-state index in [-0.39, 0.29) is 18.5 Å². The average molecular weight is 483 g/mol. The lowest BCUT2D eigenvalue weighted by molar-refractivity contribution is -0.870. The Morgan fingerprint density at radius 1 is 0.806 bits per heavy atom. The summed E-state index contributed by atoms with van der Waals surface area (Å²) in [7, 11) is 2.12. The van der Waals surface area contributed by atoms with Gasteiger partial charge in [-0.3, -0.25) is 0 Å². The Hall–Kier alpha value is 0.580. The van der Waals surface area contributed by atoms with Crippen LogP contribution in [-0.2, 0) is 9.05 Å². The lowest BCUT2D eigenvalue weighted by Gasteiger charge is -2.25. The number of nitrogens with zero attached hydrogens (tertiary/aromatic N) is 1. The number of thioether (sulfide) groups is 1. The minimum atomic E-state index is -3.93. The molecule has 0 heterocycles. The second kappa shape index (κ2) is 20.0. The van der Waals surface area contributed by atoms with Gasteiger partial charge < -0.3 is 9.38 Å². The molecule has 0 aromatic heterocycles.